The first-order valence-corrected chi connectivity index (χ1v) is 7.29. The maximum absolute atomic E-state index is 5.32. The molecule has 7 heteroatoms. The maximum Gasteiger partial charge on any atom is 0.500 e. The molecule has 0 aromatic rings. The zero-order valence-corrected chi connectivity index (χ0v) is 11.2. The third-order valence-electron chi connectivity index (χ3n) is 3.14. The predicted octanol–water partition coefficient (Wildman–Crippen LogP) is 0.275. The van der Waals surface area contributed by atoms with Gasteiger partial charge in [-0.3, -0.25) is 14.8 Å². The zero-order chi connectivity index (χ0) is 11.9. The van der Waals surface area contributed by atoms with Crippen LogP contribution in [0.25, 0.3) is 0 Å². The molecule has 0 aliphatic carbocycles. The fourth-order valence-electron chi connectivity index (χ4n) is 1.85. The first-order valence-electron chi connectivity index (χ1n) is 5.36. The number of rotatable bonds is 8. The van der Waals surface area contributed by atoms with E-state index in [9.17, 15) is 0 Å². The fraction of sp³-hybridized carbons (Fsp3) is 1.00. The second-order valence-electron chi connectivity index (χ2n) is 4.09. The molecule has 0 unspecified atom stereocenters. The Morgan fingerprint density at radius 2 is 1.62 bits per heavy atom. The second-order valence-corrected chi connectivity index (χ2v) is 7.18. The van der Waals surface area contributed by atoms with Crippen LogP contribution in [-0.4, -0.2) is 48.4 Å². The van der Waals surface area contributed by atoms with Gasteiger partial charge < -0.3 is 13.3 Å². The molecule has 0 radical (unpaired) electrons. The molecule has 94 valence electrons. The van der Waals surface area contributed by atoms with Crippen molar-refractivity contribution in [3.05, 3.63) is 0 Å². The SMILES string of the molecule is CO[Si](CCCNC12OC1(C)O2)(OC)OC. The van der Waals surface area contributed by atoms with Crippen LogP contribution in [0.3, 0.4) is 0 Å². The Morgan fingerprint density at radius 1 is 1.12 bits per heavy atom. The smallest absolute Gasteiger partial charge is 0.377 e. The van der Waals surface area contributed by atoms with Gasteiger partial charge in [0.2, 0.25) is 5.79 Å². The summed E-state index contributed by atoms with van der Waals surface area (Å²) in [5, 5.41) is 3.20. The van der Waals surface area contributed by atoms with Gasteiger partial charge >= 0.3 is 8.80 Å². The summed E-state index contributed by atoms with van der Waals surface area (Å²) < 4.78 is 26.5. The van der Waals surface area contributed by atoms with Gasteiger partial charge in [-0.15, -0.1) is 0 Å². The Morgan fingerprint density at radius 3 is 2.00 bits per heavy atom. The highest BCUT2D eigenvalue weighted by Gasteiger charge is 2.88. The van der Waals surface area contributed by atoms with E-state index in [4.69, 9.17) is 22.8 Å². The van der Waals surface area contributed by atoms with Gasteiger partial charge in [-0.1, -0.05) is 0 Å². The Bertz CT molecular complexity index is 256. The predicted molar refractivity (Wildman–Crippen MR) is 57.5 cm³/mol. The quantitative estimate of drug-likeness (QED) is 0.378. The summed E-state index contributed by atoms with van der Waals surface area (Å²) in [5.41, 5.74) is 0. The number of nitrogens with one attached hydrogen (secondary N) is 1. The van der Waals surface area contributed by atoms with Crippen molar-refractivity contribution in [2.75, 3.05) is 27.9 Å². The van der Waals surface area contributed by atoms with Gasteiger partial charge in [-0.25, -0.2) is 0 Å². The molecule has 6 nitrogen and oxygen atoms in total. The number of ether oxygens (including phenoxy) is 2. The van der Waals surface area contributed by atoms with Gasteiger partial charge in [0, 0.05) is 33.9 Å². The first kappa shape index (κ1) is 12.4. The fourth-order valence-corrected chi connectivity index (χ4v) is 3.57. The van der Waals surface area contributed by atoms with Gasteiger partial charge in [0.15, 0.2) is 0 Å². The van der Waals surface area contributed by atoms with Crippen molar-refractivity contribution < 1.29 is 22.8 Å². The molecule has 0 aromatic carbocycles. The average molecular weight is 249 g/mol. The lowest BCUT2D eigenvalue weighted by molar-refractivity contribution is -0.101. The molecule has 2 heterocycles. The molecule has 0 spiro atoms. The van der Waals surface area contributed by atoms with E-state index in [2.05, 4.69) is 5.32 Å². The summed E-state index contributed by atoms with van der Waals surface area (Å²) in [6, 6.07) is 0.774. The van der Waals surface area contributed by atoms with Crippen molar-refractivity contribution in [2.24, 2.45) is 0 Å². The van der Waals surface area contributed by atoms with E-state index in [-0.39, 0.29) is 5.79 Å². The van der Waals surface area contributed by atoms with Crippen LogP contribution in [0, 0.1) is 0 Å². The molecule has 2 aliphatic rings. The van der Waals surface area contributed by atoms with Gasteiger partial charge in [0.1, 0.15) is 0 Å². The van der Waals surface area contributed by atoms with E-state index in [0.29, 0.717) is 0 Å². The van der Waals surface area contributed by atoms with E-state index in [1.54, 1.807) is 21.3 Å². The van der Waals surface area contributed by atoms with Gasteiger partial charge in [-0.2, -0.15) is 0 Å². The molecule has 0 bridgehead atoms. The molecule has 0 amide bonds. The van der Waals surface area contributed by atoms with Crippen molar-refractivity contribution in [2.45, 2.75) is 31.1 Å². The molecule has 2 saturated heterocycles. The van der Waals surface area contributed by atoms with E-state index in [1.807, 2.05) is 6.92 Å². The Balaban J connectivity index is 1.63. The number of hydrogen-bond acceptors (Lipinski definition) is 6. The third kappa shape index (κ3) is 1.92. The molecule has 2 fully saturated rings. The summed E-state index contributed by atoms with van der Waals surface area (Å²) >= 11 is 0. The van der Waals surface area contributed by atoms with Crippen molar-refractivity contribution >= 4 is 8.80 Å². The molecule has 2 rings (SSSR count). The van der Waals surface area contributed by atoms with Crippen LogP contribution in [0.5, 0.6) is 0 Å². The van der Waals surface area contributed by atoms with Crippen LogP contribution in [0.1, 0.15) is 13.3 Å². The first-order chi connectivity index (χ1) is 7.55. The van der Waals surface area contributed by atoms with Crippen molar-refractivity contribution in [3.63, 3.8) is 0 Å². The van der Waals surface area contributed by atoms with Crippen LogP contribution >= 0.6 is 0 Å². The second kappa shape index (κ2) is 4.02. The molecule has 0 saturated carbocycles. The topological polar surface area (TPSA) is 64.8 Å². The van der Waals surface area contributed by atoms with Crippen molar-refractivity contribution in [1.29, 1.82) is 0 Å². The van der Waals surface area contributed by atoms with Crippen LogP contribution in [0.2, 0.25) is 6.04 Å². The van der Waals surface area contributed by atoms with Crippen LogP contribution in [0.4, 0.5) is 0 Å². The summed E-state index contributed by atoms with van der Waals surface area (Å²) in [4.78, 5) is 0. The van der Waals surface area contributed by atoms with Crippen molar-refractivity contribution in [1.82, 2.24) is 5.32 Å². The summed E-state index contributed by atoms with van der Waals surface area (Å²) in [7, 11) is 2.44. The Hall–Kier alpha value is -0.0231. The molecule has 0 aromatic heterocycles. The zero-order valence-electron chi connectivity index (χ0n) is 10.2. The normalized spacial score (nSPS) is 36.0. The summed E-state index contributed by atoms with van der Waals surface area (Å²) in [6.45, 7) is 2.71. The lowest BCUT2D eigenvalue weighted by Gasteiger charge is -2.24. The molecular weight excluding hydrogens is 230 g/mol. The van der Waals surface area contributed by atoms with Gasteiger partial charge in [0.05, 0.1) is 0 Å². The third-order valence-corrected chi connectivity index (χ3v) is 5.97. The monoisotopic (exact) mass is 249 g/mol. The van der Waals surface area contributed by atoms with E-state index < -0.39 is 14.7 Å². The number of hydrogen-bond donors (Lipinski definition) is 1. The van der Waals surface area contributed by atoms with E-state index in [1.165, 1.54) is 0 Å². The lowest BCUT2D eigenvalue weighted by Crippen LogP contribution is -2.43. The van der Waals surface area contributed by atoms with Gasteiger partial charge in [-0.05, 0) is 13.3 Å². The van der Waals surface area contributed by atoms with E-state index >= 15 is 0 Å². The standard InChI is InChI=1S/C9H19NO5Si/c1-8-9(14-8,15-8)10-6-5-7-16(11-2,12-3)13-4/h10H,5-7H2,1-4H3. The largest absolute Gasteiger partial charge is 0.500 e. The molecule has 16 heavy (non-hydrogen) atoms. The summed E-state index contributed by atoms with van der Waals surface area (Å²) in [5.74, 6) is -0.838. The van der Waals surface area contributed by atoms with Crippen LogP contribution < -0.4 is 5.32 Å². The van der Waals surface area contributed by atoms with Crippen LogP contribution in [-0.2, 0) is 22.8 Å². The minimum absolute atomic E-state index is 0.356. The highest BCUT2D eigenvalue weighted by Crippen LogP contribution is 2.64. The van der Waals surface area contributed by atoms with Crippen LogP contribution in [0.15, 0.2) is 0 Å². The number of fused-ring (bicyclic) bond motifs is 1. The Labute approximate surface area is 96.5 Å². The van der Waals surface area contributed by atoms with Crippen molar-refractivity contribution in [3.8, 4) is 0 Å². The maximum atomic E-state index is 5.32. The highest BCUT2D eigenvalue weighted by molar-refractivity contribution is 6.60. The molecular formula is C9H19NO5Si. The Kier molecular flexibility index (Phi) is 3.12. The number of epoxide rings is 2. The summed E-state index contributed by atoms with van der Waals surface area (Å²) in [6.07, 6.45) is 0.895. The minimum Gasteiger partial charge on any atom is -0.377 e. The average Bonchev–Trinajstić information content (AvgIpc) is 3.04. The van der Waals surface area contributed by atoms with Gasteiger partial charge in [0.25, 0.3) is 5.91 Å². The lowest BCUT2D eigenvalue weighted by atomic mass is 10.4. The molecule has 2 aliphatic heterocycles. The highest BCUT2D eigenvalue weighted by atomic mass is 28.4. The minimum atomic E-state index is -2.42. The van der Waals surface area contributed by atoms with E-state index in [0.717, 1.165) is 19.0 Å². The molecule has 1 N–H and O–H groups in total. The molecule has 0 atom stereocenters.